The van der Waals surface area contributed by atoms with Gasteiger partial charge in [0.1, 0.15) is 5.69 Å². The molecule has 0 aliphatic rings. The van der Waals surface area contributed by atoms with Crippen LogP contribution in [0.5, 0.6) is 0 Å². The van der Waals surface area contributed by atoms with E-state index in [2.05, 4.69) is 5.32 Å². The minimum absolute atomic E-state index is 0.133. The number of anilines is 2. The zero-order chi connectivity index (χ0) is 15.4. The molecule has 21 heavy (non-hydrogen) atoms. The maximum absolute atomic E-state index is 11.9. The van der Waals surface area contributed by atoms with Crippen LogP contribution >= 0.6 is 0 Å². The number of nitro benzene ring substituents is 1. The smallest absolute Gasteiger partial charge is 0.293 e. The lowest BCUT2D eigenvalue weighted by atomic mass is 10.1. The van der Waals surface area contributed by atoms with Gasteiger partial charge in [-0.3, -0.25) is 14.9 Å². The summed E-state index contributed by atoms with van der Waals surface area (Å²) in [5, 5.41) is 14.2. The first-order chi connectivity index (χ1) is 9.99. The highest BCUT2D eigenvalue weighted by Gasteiger charge is 2.18. The van der Waals surface area contributed by atoms with Crippen molar-refractivity contribution in [3.63, 3.8) is 0 Å². The summed E-state index contributed by atoms with van der Waals surface area (Å²) >= 11 is 0. The van der Waals surface area contributed by atoms with Crippen molar-refractivity contribution in [3.05, 3.63) is 64.2 Å². The van der Waals surface area contributed by atoms with Gasteiger partial charge in [0.05, 0.1) is 4.92 Å². The molecule has 2 aromatic rings. The van der Waals surface area contributed by atoms with E-state index in [-0.39, 0.29) is 17.2 Å². The Hall–Kier alpha value is -2.89. The number of rotatable bonds is 4. The molecule has 0 heterocycles. The quantitative estimate of drug-likeness (QED) is 0.692. The van der Waals surface area contributed by atoms with Gasteiger partial charge in [0.25, 0.3) is 11.6 Å². The lowest BCUT2D eigenvalue weighted by molar-refractivity contribution is -0.383. The highest BCUT2D eigenvalue weighted by molar-refractivity contribution is 5.95. The SMILES string of the molecule is CN(C)C(=O)c1ccc(Nc2ccccc2)c([N+](=O)[O-])c1. The maximum Gasteiger partial charge on any atom is 0.293 e. The van der Waals surface area contributed by atoms with Gasteiger partial charge in [-0.25, -0.2) is 0 Å². The summed E-state index contributed by atoms with van der Waals surface area (Å²) in [7, 11) is 3.20. The van der Waals surface area contributed by atoms with Crippen molar-refractivity contribution < 1.29 is 9.72 Å². The second kappa shape index (κ2) is 6.04. The third-order valence-electron chi connectivity index (χ3n) is 2.90. The molecule has 0 aliphatic carbocycles. The normalized spacial score (nSPS) is 10.0. The van der Waals surface area contributed by atoms with Crippen LogP contribution in [0, 0.1) is 10.1 Å². The van der Waals surface area contributed by atoms with Crippen molar-refractivity contribution in [3.8, 4) is 0 Å². The van der Waals surface area contributed by atoms with E-state index < -0.39 is 4.92 Å². The molecule has 0 spiro atoms. The maximum atomic E-state index is 11.9. The average Bonchev–Trinajstić information content (AvgIpc) is 2.47. The second-order valence-corrected chi connectivity index (χ2v) is 4.68. The number of carbonyl (C=O) groups is 1. The van der Waals surface area contributed by atoms with E-state index in [1.807, 2.05) is 30.3 Å². The molecule has 0 saturated heterocycles. The summed E-state index contributed by atoms with van der Waals surface area (Å²) in [6.07, 6.45) is 0. The summed E-state index contributed by atoms with van der Waals surface area (Å²) in [6.45, 7) is 0. The first-order valence-corrected chi connectivity index (χ1v) is 6.31. The number of carbonyl (C=O) groups excluding carboxylic acids is 1. The highest BCUT2D eigenvalue weighted by Crippen LogP contribution is 2.28. The van der Waals surface area contributed by atoms with Crippen LogP contribution in [0.2, 0.25) is 0 Å². The molecule has 108 valence electrons. The second-order valence-electron chi connectivity index (χ2n) is 4.68. The molecule has 2 aromatic carbocycles. The Morgan fingerprint density at radius 1 is 1.14 bits per heavy atom. The Labute approximate surface area is 122 Å². The van der Waals surface area contributed by atoms with E-state index in [9.17, 15) is 14.9 Å². The molecule has 2 rings (SSSR count). The van der Waals surface area contributed by atoms with Gasteiger partial charge in [-0.05, 0) is 24.3 Å². The third-order valence-corrected chi connectivity index (χ3v) is 2.90. The fraction of sp³-hybridized carbons (Fsp3) is 0.133. The Kier molecular flexibility index (Phi) is 4.18. The Balaban J connectivity index is 2.38. The zero-order valence-corrected chi connectivity index (χ0v) is 11.7. The molecular weight excluding hydrogens is 270 g/mol. The summed E-state index contributed by atoms with van der Waals surface area (Å²) in [5.41, 5.74) is 1.24. The number of nitrogens with zero attached hydrogens (tertiary/aromatic N) is 2. The van der Waals surface area contributed by atoms with Gasteiger partial charge in [0, 0.05) is 31.4 Å². The number of para-hydroxylation sites is 1. The number of nitrogens with one attached hydrogen (secondary N) is 1. The van der Waals surface area contributed by atoms with Crippen molar-refractivity contribution in [2.24, 2.45) is 0 Å². The standard InChI is InChI=1S/C15H15N3O3/c1-17(2)15(19)11-8-9-13(14(10-11)18(20)21)16-12-6-4-3-5-7-12/h3-10,16H,1-2H3. The summed E-state index contributed by atoms with van der Waals surface area (Å²) < 4.78 is 0. The van der Waals surface area contributed by atoms with Crippen LogP contribution in [0.25, 0.3) is 0 Å². The lowest BCUT2D eigenvalue weighted by Gasteiger charge is -2.12. The molecule has 0 saturated carbocycles. The monoisotopic (exact) mass is 285 g/mol. The fourth-order valence-electron chi connectivity index (χ4n) is 1.86. The van der Waals surface area contributed by atoms with Crippen molar-refractivity contribution in [2.45, 2.75) is 0 Å². The van der Waals surface area contributed by atoms with Crippen molar-refractivity contribution in [1.29, 1.82) is 0 Å². The van der Waals surface area contributed by atoms with Gasteiger partial charge in [-0.1, -0.05) is 18.2 Å². The summed E-state index contributed by atoms with van der Waals surface area (Å²) in [5.74, 6) is -0.274. The topological polar surface area (TPSA) is 75.5 Å². The van der Waals surface area contributed by atoms with Crippen LogP contribution in [0.1, 0.15) is 10.4 Å². The van der Waals surface area contributed by atoms with Crippen LogP contribution in [-0.2, 0) is 0 Å². The van der Waals surface area contributed by atoms with Crippen molar-refractivity contribution in [2.75, 3.05) is 19.4 Å². The van der Waals surface area contributed by atoms with Crippen LogP contribution in [0.4, 0.5) is 17.1 Å². The van der Waals surface area contributed by atoms with Crippen LogP contribution in [0.3, 0.4) is 0 Å². The van der Waals surface area contributed by atoms with E-state index >= 15 is 0 Å². The molecule has 0 radical (unpaired) electrons. The van der Waals surface area contributed by atoms with Crippen LogP contribution in [-0.4, -0.2) is 29.8 Å². The zero-order valence-electron chi connectivity index (χ0n) is 11.7. The molecule has 1 N–H and O–H groups in total. The van der Waals surface area contributed by atoms with E-state index in [0.717, 1.165) is 5.69 Å². The first kappa shape index (κ1) is 14.5. The highest BCUT2D eigenvalue weighted by atomic mass is 16.6. The molecule has 0 bridgehead atoms. The number of hydrogen-bond donors (Lipinski definition) is 1. The van der Waals surface area contributed by atoms with Gasteiger partial charge < -0.3 is 10.2 Å². The Bertz CT molecular complexity index is 669. The van der Waals surface area contributed by atoms with E-state index in [1.54, 1.807) is 26.2 Å². The van der Waals surface area contributed by atoms with Crippen LogP contribution in [0.15, 0.2) is 48.5 Å². The van der Waals surface area contributed by atoms with E-state index in [0.29, 0.717) is 5.69 Å². The van der Waals surface area contributed by atoms with Gasteiger partial charge in [0.2, 0.25) is 0 Å². The predicted octanol–water partition coefficient (Wildman–Crippen LogP) is 3.04. The van der Waals surface area contributed by atoms with Gasteiger partial charge in [-0.15, -0.1) is 0 Å². The number of benzene rings is 2. The molecule has 1 amide bonds. The number of nitro groups is 1. The molecule has 0 unspecified atom stereocenters. The summed E-state index contributed by atoms with van der Waals surface area (Å²) in [6, 6.07) is 13.5. The lowest BCUT2D eigenvalue weighted by Crippen LogP contribution is -2.21. The third kappa shape index (κ3) is 3.36. The predicted molar refractivity (Wildman–Crippen MR) is 80.8 cm³/mol. The minimum atomic E-state index is -0.502. The molecule has 0 aromatic heterocycles. The molecular formula is C15H15N3O3. The molecule has 6 heteroatoms. The molecule has 0 aliphatic heterocycles. The molecule has 0 atom stereocenters. The first-order valence-electron chi connectivity index (χ1n) is 6.31. The van der Waals surface area contributed by atoms with Gasteiger partial charge in [0.15, 0.2) is 0 Å². The molecule has 6 nitrogen and oxygen atoms in total. The Morgan fingerprint density at radius 3 is 2.38 bits per heavy atom. The summed E-state index contributed by atoms with van der Waals surface area (Å²) in [4.78, 5) is 23.9. The number of hydrogen-bond acceptors (Lipinski definition) is 4. The average molecular weight is 285 g/mol. The fourth-order valence-corrected chi connectivity index (χ4v) is 1.86. The van der Waals surface area contributed by atoms with Crippen molar-refractivity contribution in [1.82, 2.24) is 4.90 Å². The number of amides is 1. The van der Waals surface area contributed by atoms with Gasteiger partial charge in [-0.2, -0.15) is 0 Å². The van der Waals surface area contributed by atoms with E-state index in [1.165, 1.54) is 11.0 Å². The van der Waals surface area contributed by atoms with Gasteiger partial charge >= 0.3 is 0 Å². The van der Waals surface area contributed by atoms with Crippen molar-refractivity contribution >= 4 is 23.0 Å². The molecule has 0 fully saturated rings. The van der Waals surface area contributed by atoms with E-state index in [4.69, 9.17) is 0 Å². The Morgan fingerprint density at radius 2 is 1.81 bits per heavy atom. The largest absolute Gasteiger partial charge is 0.350 e. The van der Waals surface area contributed by atoms with Crippen LogP contribution < -0.4 is 5.32 Å². The minimum Gasteiger partial charge on any atom is -0.350 e.